The highest BCUT2D eigenvalue weighted by atomic mass is 79.9. The summed E-state index contributed by atoms with van der Waals surface area (Å²) in [6.45, 7) is 0. The van der Waals surface area contributed by atoms with Crippen LogP contribution in [0.3, 0.4) is 0 Å². The second-order valence-electron chi connectivity index (χ2n) is 3.80. The lowest BCUT2D eigenvalue weighted by molar-refractivity contribution is 0.476. The number of benzene rings is 2. The van der Waals surface area contributed by atoms with E-state index < -0.39 is 0 Å². The van der Waals surface area contributed by atoms with E-state index in [0.29, 0.717) is 0 Å². The van der Waals surface area contributed by atoms with Crippen LogP contribution in [0.25, 0.3) is 10.2 Å². The lowest BCUT2D eigenvalue weighted by atomic mass is 10.3. The van der Waals surface area contributed by atoms with Gasteiger partial charge in [-0.1, -0.05) is 27.3 Å². The van der Waals surface area contributed by atoms with Crippen molar-refractivity contribution in [3.05, 3.63) is 46.9 Å². The van der Waals surface area contributed by atoms with Gasteiger partial charge in [-0.15, -0.1) is 0 Å². The molecule has 0 aliphatic heterocycles. The molecular formula is C13H9BrN2OS. The van der Waals surface area contributed by atoms with E-state index in [1.807, 2.05) is 30.3 Å². The Morgan fingerprint density at radius 2 is 1.89 bits per heavy atom. The first-order chi connectivity index (χ1) is 8.70. The molecule has 0 bridgehead atoms. The van der Waals surface area contributed by atoms with Crippen molar-refractivity contribution in [3.63, 3.8) is 0 Å². The average molecular weight is 321 g/mol. The van der Waals surface area contributed by atoms with Crippen LogP contribution in [0.15, 0.2) is 46.9 Å². The predicted molar refractivity (Wildman–Crippen MR) is 78.7 cm³/mol. The van der Waals surface area contributed by atoms with Gasteiger partial charge in [0, 0.05) is 16.2 Å². The number of fused-ring (bicyclic) bond motifs is 1. The smallest absolute Gasteiger partial charge is 0.188 e. The number of nitrogens with one attached hydrogen (secondary N) is 1. The first-order valence-corrected chi connectivity index (χ1v) is 6.94. The summed E-state index contributed by atoms with van der Waals surface area (Å²) in [4.78, 5) is 4.43. The molecule has 90 valence electrons. The van der Waals surface area contributed by atoms with E-state index in [4.69, 9.17) is 0 Å². The number of aromatic hydroxyl groups is 1. The van der Waals surface area contributed by atoms with Gasteiger partial charge >= 0.3 is 0 Å². The lowest BCUT2D eigenvalue weighted by Crippen LogP contribution is -1.87. The number of phenolic OH excluding ortho intramolecular Hbond substituents is 1. The number of aromatic nitrogens is 1. The number of nitrogens with zero attached hydrogens (tertiary/aromatic N) is 1. The Morgan fingerprint density at radius 1 is 1.11 bits per heavy atom. The SMILES string of the molecule is Oc1ccc2sc(Nc3ccc(Br)cc3)nc2c1. The quantitative estimate of drug-likeness (QED) is 0.730. The van der Waals surface area contributed by atoms with Gasteiger partial charge < -0.3 is 10.4 Å². The fourth-order valence-electron chi connectivity index (χ4n) is 1.63. The number of halogens is 1. The number of hydrogen-bond donors (Lipinski definition) is 2. The van der Waals surface area contributed by atoms with Crippen molar-refractivity contribution in [1.82, 2.24) is 4.98 Å². The molecule has 0 saturated carbocycles. The second kappa shape index (κ2) is 4.59. The van der Waals surface area contributed by atoms with E-state index in [1.54, 1.807) is 23.5 Å². The molecule has 0 saturated heterocycles. The van der Waals surface area contributed by atoms with Crippen LogP contribution in [0.1, 0.15) is 0 Å². The van der Waals surface area contributed by atoms with Gasteiger partial charge in [-0.2, -0.15) is 0 Å². The Kier molecular flexibility index (Phi) is 2.93. The molecule has 0 amide bonds. The molecule has 0 aliphatic rings. The van der Waals surface area contributed by atoms with Crippen molar-refractivity contribution in [2.24, 2.45) is 0 Å². The zero-order valence-electron chi connectivity index (χ0n) is 9.22. The van der Waals surface area contributed by atoms with E-state index >= 15 is 0 Å². The highest BCUT2D eigenvalue weighted by Gasteiger charge is 2.04. The second-order valence-corrected chi connectivity index (χ2v) is 5.75. The molecular weight excluding hydrogens is 312 g/mol. The zero-order valence-corrected chi connectivity index (χ0v) is 11.6. The van der Waals surface area contributed by atoms with Gasteiger partial charge in [-0.25, -0.2) is 4.98 Å². The van der Waals surface area contributed by atoms with Gasteiger partial charge in [0.25, 0.3) is 0 Å². The maximum atomic E-state index is 9.40. The summed E-state index contributed by atoms with van der Waals surface area (Å²) in [5, 5.41) is 13.5. The van der Waals surface area contributed by atoms with E-state index in [9.17, 15) is 5.11 Å². The fraction of sp³-hybridized carbons (Fsp3) is 0. The maximum Gasteiger partial charge on any atom is 0.188 e. The predicted octanol–water partition coefficient (Wildman–Crippen LogP) is 4.51. The Bertz CT molecular complexity index is 694. The zero-order chi connectivity index (χ0) is 12.5. The van der Waals surface area contributed by atoms with Gasteiger partial charge in [-0.3, -0.25) is 0 Å². The van der Waals surface area contributed by atoms with E-state index in [2.05, 4.69) is 26.2 Å². The minimum atomic E-state index is 0.239. The molecule has 0 radical (unpaired) electrons. The first kappa shape index (κ1) is 11.5. The third-order valence-corrected chi connectivity index (χ3v) is 3.95. The van der Waals surface area contributed by atoms with Crippen LogP contribution in [-0.4, -0.2) is 10.1 Å². The van der Waals surface area contributed by atoms with Gasteiger partial charge in [0.15, 0.2) is 5.13 Å². The number of phenols is 1. The summed E-state index contributed by atoms with van der Waals surface area (Å²) in [6.07, 6.45) is 0. The molecule has 1 heterocycles. The Morgan fingerprint density at radius 3 is 2.67 bits per heavy atom. The largest absolute Gasteiger partial charge is 0.508 e. The fourth-order valence-corrected chi connectivity index (χ4v) is 2.76. The van der Waals surface area contributed by atoms with Gasteiger partial charge in [0.2, 0.25) is 0 Å². The van der Waals surface area contributed by atoms with Crippen molar-refractivity contribution in [2.75, 3.05) is 5.32 Å². The third kappa shape index (κ3) is 2.32. The van der Waals surface area contributed by atoms with Gasteiger partial charge in [0.05, 0.1) is 10.2 Å². The molecule has 2 N–H and O–H groups in total. The van der Waals surface area contributed by atoms with Gasteiger partial charge in [-0.05, 0) is 36.4 Å². The highest BCUT2D eigenvalue weighted by molar-refractivity contribution is 9.10. The molecule has 1 aromatic heterocycles. The lowest BCUT2D eigenvalue weighted by Gasteiger charge is -2.01. The van der Waals surface area contributed by atoms with Crippen molar-refractivity contribution in [2.45, 2.75) is 0 Å². The monoisotopic (exact) mass is 320 g/mol. The number of thiazole rings is 1. The Balaban J connectivity index is 1.92. The molecule has 3 rings (SSSR count). The molecule has 0 fully saturated rings. The van der Waals surface area contributed by atoms with Crippen LogP contribution in [0, 0.1) is 0 Å². The van der Waals surface area contributed by atoms with Crippen molar-refractivity contribution >= 4 is 48.3 Å². The van der Waals surface area contributed by atoms with Crippen molar-refractivity contribution in [3.8, 4) is 5.75 Å². The molecule has 2 aromatic carbocycles. The summed E-state index contributed by atoms with van der Waals surface area (Å²) in [5.41, 5.74) is 1.79. The molecule has 3 aromatic rings. The average Bonchev–Trinajstić information content (AvgIpc) is 2.73. The number of rotatable bonds is 2. The topological polar surface area (TPSA) is 45.1 Å². The molecule has 0 aliphatic carbocycles. The summed E-state index contributed by atoms with van der Waals surface area (Å²) < 4.78 is 2.09. The van der Waals surface area contributed by atoms with Crippen LogP contribution in [0.5, 0.6) is 5.75 Å². The third-order valence-electron chi connectivity index (χ3n) is 2.47. The summed E-state index contributed by atoms with van der Waals surface area (Å²) in [6, 6.07) is 13.1. The van der Waals surface area contributed by atoms with Crippen molar-refractivity contribution in [1.29, 1.82) is 0 Å². The van der Waals surface area contributed by atoms with E-state index in [1.165, 1.54) is 0 Å². The first-order valence-electron chi connectivity index (χ1n) is 5.33. The molecule has 0 atom stereocenters. The van der Waals surface area contributed by atoms with Crippen LogP contribution in [0.2, 0.25) is 0 Å². The highest BCUT2D eigenvalue weighted by Crippen LogP contribution is 2.30. The normalized spacial score (nSPS) is 10.7. The van der Waals surface area contributed by atoms with Crippen LogP contribution in [0.4, 0.5) is 10.8 Å². The molecule has 0 unspecified atom stereocenters. The number of anilines is 2. The molecule has 18 heavy (non-hydrogen) atoms. The number of hydrogen-bond acceptors (Lipinski definition) is 4. The maximum absolute atomic E-state index is 9.40. The summed E-state index contributed by atoms with van der Waals surface area (Å²) in [7, 11) is 0. The van der Waals surface area contributed by atoms with E-state index in [-0.39, 0.29) is 5.75 Å². The molecule has 0 spiro atoms. The van der Waals surface area contributed by atoms with Crippen LogP contribution in [-0.2, 0) is 0 Å². The standard InChI is InChI=1S/C13H9BrN2OS/c14-8-1-3-9(4-2-8)15-13-16-11-7-10(17)5-6-12(11)18-13/h1-7,17H,(H,15,16). The van der Waals surface area contributed by atoms with Crippen LogP contribution >= 0.6 is 27.3 Å². The molecule has 3 nitrogen and oxygen atoms in total. The summed E-state index contributed by atoms with van der Waals surface area (Å²) >= 11 is 4.96. The van der Waals surface area contributed by atoms with Crippen molar-refractivity contribution < 1.29 is 5.11 Å². The Hall–Kier alpha value is -1.59. The Labute approximate surface area is 116 Å². The van der Waals surface area contributed by atoms with E-state index in [0.717, 1.165) is 25.5 Å². The minimum Gasteiger partial charge on any atom is -0.508 e. The van der Waals surface area contributed by atoms with Gasteiger partial charge in [0.1, 0.15) is 5.75 Å². The minimum absolute atomic E-state index is 0.239. The summed E-state index contributed by atoms with van der Waals surface area (Å²) in [5.74, 6) is 0.239. The van der Waals surface area contributed by atoms with Crippen LogP contribution < -0.4 is 5.32 Å². The molecule has 5 heteroatoms.